The minimum atomic E-state index is -2.67. The number of carbonyl (C=O) groups is 4. The van der Waals surface area contributed by atoms with Crippen LogP contribution in [-0.4, -0.2) is 23.9 Å². The molecular formula is C29H20O8-2. The molecule has 0 saturated carbocycles. The van der Waals surface area contributed by atoms with Crippen LogP contribution >= 0.6 is 0 Å². The van der Waals surface area contributed by atoms with Crippen molar-refractivity contribution in [3.63, 3.8) is 0 Å². The molecule has 8 heteroatoms. The van der Waals surface area contributed by atoms with Crippen LogP contribution in [0.3, 0.4) is 0 Å². The van der Waals surface area contributed by atoms with Gasteiger partial charge in [0.25, 0.3) is 0 Å². The van der Waals surface area contributed by atoms with Gasteiger partial charge >= 0.3 is 11.9 Å². The third-order valence-corrected chi connectivity index (χ3v) is 6.01. The Morgan fingerprint density at radius 3 is 1.43 bits per heavy atom. The van der Waals surface area contributed by atoms with E-state index in [1.807, 2.05) is 24.3 Å². The standard InChI is InChI=1S/C29H22O8/c1-18(27(32)33)29(28(34)35,16-25(30)36-23-12-10-19-6-2-4-8-21(19)14-23)17-26(31)37-24-13-11-20-7-3-5-9-22(20)15-24/h2-15H,1,16-17H2,(H,32,33)(H,34,35)/p-2. The van der Waals surface area contributed by atoms with E-state index in [9.17, 15) is 29.4 Å². The van der Waals surface area contributed by atoms with Crippen LogP contribution in [0.15, 0.2) is 97.1 Å². The van der Waals surface area contributed by atoms with Crippen LogP contribution in [0.4, 0.5) is 0 Å². The normalized spacial score (nSPS) is 11.1. The summed E-state index contributed by atoms with van der Waals surface area (Å²) < 4.78 is 10.5. The lowest BCUT2D eigenvalue weighted by atomic mass is 9.75. The minimum Gasteiger partial charge on any atom is -0.549 e. The maximum atomic E-state index is 12.8. The molecule has 0 atom stereocenters. The van der Waals surface area contributed by atoms with Crippen LogP contribution in [0.25, 0.3) is 21.5 Å². The SMILES string of the molecule is C=C(C(=O)[O-])C(CC(=O)Oc1ccc2ccccc2c1)(CC(=O)Oc1ccc2ccccc2c1)C(=O)[O-]. The number of ether oxygens (including phenoxy) is 2. The number of aliphatic carboxylic acids is 2. The quantitative estimate of drug-likeness (QED) is 0.196. The average molecular weight is 496 g/mol. The van der Waals surface area contributed by atoms with Gasteiger partial charge in [-0.25, -0.2) is 0 Å². The number of carboxylic acids is 2. The van der Waals surface area contributed by atoms with Gasteiger partial charge in [-0.2, -0.15) is 0 Å². The van der Waals surface area contributed by atoms with E-state index in [1.54, 1.807) is 48.5 Å². The summed E-state index contributed by atoms with van der Waals surface area (Å²) in [6, 6.07) is 24.1. The minimum absolute atomic E-state index is 0.105. The van der Waals surface area contributed by atoms with Crippen molar-refractivity contribution in [1.82, 2.24) is 0 Å². The van der Waals surface area contributed by atoms with Crippen LogP contribution in [0.1, 0.15) is 12.8 Å². The Labute approximate surface area is 211 Å². The Hall–Kier alpha value is -4.98. The fourth-order valence-corrected chi connectivity index (χ4v) is 4.03. The van der Waals surface area contributed by atoms with Gasteiger partial charge in [0.1, 0.15) is 11.5 Å². The van der Waals surface area contributed by atoms with Crippen molar-refractivity contribution in [2.45, 2.75) is 12.8 Å². The van der Waals surface area contributed by atoms with Crippen molar-refractivity contribution >= 4 is 45.4 Å². The van der Waals surface area contributed by atoms with Gasteiger partial charge in [0.05, 0.1) is 30.2 Å². The Morgan fingerprint density at radius 2 is 1.05 bits per heavy atom. The molecule has 4 rings (SSSR count). The Morgan fingerprint density at radius 1 is 0.649 bits per heavy atom. The Kier molecular flexibility index (Phi) is 7.01. The summed E-state index contributed by atoms with van der Waals surface area (Å²) in [6.45, 7) is 3.25. The van der Waals surface area contributed by atoms with Crippen molar-refractivity contribution in [3.05, 3.63) is 97.1 Å². The van der Waals surface area contributed by atoms with Crippen molar-refractivity contribution in [1.29, 1.82) is 0 Å². The molecule has 0 N–H and O–H groups in total. The third kappa shape index (κ3) is 5.48. The molecule has 0 fully saturated rings. The third-order valence-electron chi connectivity index (χ3n) is 6.01. The first kappa shape index (κ1) is 25.1. The van der Waals surface area contributed by atoms with Crippen molar-refractivity contribution in [2.24, 2.45) is 5.41 Å². The molecule has 0 heterocycles. The number of hydrogen-bond acceptors (Lipinski definition) is 8. The highest BCUT2D eigenvalue weighted by molar-refractivity contribution is 5.99. The highest BCUT2D eigenvalue weighted by Gasteiger charge is 2.42. The Balaban J connectivity index is 1.57. The van der Waals surface area contributed by atoms with E-state index >= 15 is 0 Å². The molecule has 0 bridgehead atoms. The van der Waals surface area contributed by atoms with Crippen LogP contribution < -0.4 is 19.7 Å². The number of hydrogen-bond donors (Lipinski definition) is 0. The monoisotopic (exact) mass is 496 g/mol. The number of carboxylic acid groups (broad SMARTS) is 2. The molecule has 37 heavy (non-hydrogen) atoms. The maximum absolute atomic E-state index is 12.8. The zero-order valence-corrected chi connectivity index (χ0v) is 19.5. The summed E-state index contributed by atoms with van der Waals surface area (Å²) in [6.07, 6.45) is -2.11. The number of benzene rings is 4. The molecule has 0 spiro atoms. The number of esters is 2. The highest BCUT2D eigenvalue weighted by atomic mass is 16.5. The molecule has 4 aromatic carbocycles. The fraction of sp³-hybridized carbons (Fsp3) is 0.103. The summed E-state index contributed by atoms with van der Waals surface area (Å²) in [5.41, 5.74) is -3.68. The summed E-state index contributed by atoms with van der Waals surface area (Å²) in [4.78, 5) is 49.4. The van der Waals surface area contributed by atoms with Crippen molar-refractivity contribution < 1.29 is 38.9 Å². The molecule has 0 radical (unpaired) electrons. The second-order valence-electron chi connectivity index (χ2n) is 8.46. The van der Waals surface area contributed by atoms with E-state index in [-0.39, 0.29) is 11.5 Å². The van der Waals surface area contributed by atoms with E-state index in [0.717, 1.165) is 21.5 Å². The second-order valence-corrected chi connectivity index (χ2v) is 8.46. The summed E-state index contributed by atoms with van der Waals surface area (Å²) in [5, 5.41) is 27.1. The van der Waals surface area contributed by atoms with Gasteiger partial charge < -0.3 is 29.3 Å². The van der Waals surface area contributed by atoms with Gasteiger partial charge in [-0.05, 0) is 51.4 Å². The lowest BCUT2D eigenvalue weighted by molar-refractivity contribution is -0.322. The van der Waals surface area contributed by atoms with Crippen molar-refractivity contribution in [2.75, 3.05) is 0 Å². The zero-order chi connectivity index (χ0) is 26.6. The van der Waals surface area contributed by atoms with Gasteiger partial charge in [0, 0.05) is 0 Å². The molecule has 8 nitrogen and oxygen atoms in total. The summed E-state index contributed by atoms with van der Waals surface area (Å²) >= 11 is 0. The van der Waals surface area contributed by atoms with E-state index < -0.39 is 47.7 Å². The van der Waals surface area contributed by atoms with Gasteiger partial charge in [-0.3, -0.25) is 9.59 Å². The summed E-state index contributed by atoms with van der Waals surface area (Å²) in [5.74, 6) is -5.97. The molecule has 0 aliphatic carbocycles. The fourth-order valence-electron chi connectivity index (χ4n) is 4.03. The molecule has 0 aliphatic rings. The second kappa shape index (κ2) is 10.3. The van der Waals surface area contributed by atoms with E-state index in [4.69, 9.17) is 9.47 Å². The lowest BCUT2D eigenvalue weighted by Crippen LogP contribution is -2.50. The smallest absolute Gasteiger partial charge is 0.312 e. The molecule has 4 aromatic rings. The number of carbonyl (C=O) groups excluding carboxylic acids is 4. The van der Waals surface area contributed by atoms with E-state index in [0.29, 0.717) is 0 Å². The first-order valence-electron chi connectivity index (χ1n) is 11.2. The molecule has 0 unspecified atom stereocenters. The Bertz CT molecular complexity index is 1460. The van der Waals surface area contributed by atoms with Gasteiger partial charge in [-0.15, -0.1) is 0 Å². The van der Waals surface area contributed by atoms with Crippen LogP contribution in [-0.2, 0) is 19.2 Å². The van der Waals surface area contributed by atoms with E-state index in [1.165, 1.54) is 12.1 Å². The maximum Gasteiger partial charge on any atom is 0.312 e. The molecule has 0 saturated heterocycles. The lowest BCUT2D eigenvalue weighted by Gasteiger charge is -2.35. The largest absolute Gasteiger partial charge is 0.549 e. The van der Waals surface area contributed by atoms with Crippen molar-refractivity contribution in [3.8, 4) is 11.5 Å². The predicted octanol–water partition coefficient (Wildman–Crippen LogP) is 2.33. The first-order valence-corrected chi connectivity index (χ1v) is 11.2. The zero-order valence-electron chi connectivity index (χ0n) is 19.5. The average Bonchev–Trinajstić information content (AvgIpc) is 2.87. The molecule has 0 aromatic heterocycles. The molecule has 186 valence electrons. The summed E-state index contributed by atoms with van der Waals surface area (Å²) in [7, 11) is 0. The molecule has 0 amide bonds. The topological polar surface area (TPSA) is 133 Å². The first-order chi connectivity index (χ1) is 17.7. The van der Waals surface area contributed by atoms with Gasteiger partial charge in [0.2, 0.25) is 0 Å². The van der Waals surface area contributed by atoms with E-state index in [2.05, 4.69) is 6.58 Å². The number of rotatable bonds is 9. The molecule has 0 aliphatic heterocycles. The highest BCUT2D eigenvalue weighted by Crippen LogP contribution is 2.36. The van der Waals surface area contributed by atoms with Crippen LogP contribution in [0, 0.1) is 5.41 Å². The van der Waals surface area contributed by atoms with Crippen LogP contribution in [0.2, 0.25) is 0 Å². The van der Waals surface area contributed by atoms with Gasteiger partial charge in [-0.1, -0.05) is 67.2 Å². The number of fused-ring (bicyclic) bond motifs is 2. The predicted molar refractivity (Wildman–Crippen MR) is 130 cm³/mol. The molecular weight excluding hydrogens is 476 g/mol. The van der Waals surface area contributed by atoms with Crippen LogP contribution in [0.5, 0.6) is 11.5 Å². The van der Waals surface area contributed by atoms with Gasteiger partial charge in [0.15, 0.2) is 0 Å².